The molecular weight excluding hydrogens is 500 g/mol. The molecule has 4 rings (SSSR count). The van der Waals surface area contributed by atoms with Gasteiger partial charge in [-0.1, -0.05) is 18.2 Å². The van der Waals surface area contributed by atoms with Crippen molar-refractivity contribution in [3.8, 4) is 23.0 Å². The molecule has 0 saturated carbocycles. The van der Waals surface area contributed by atoms with Crippen LogP contribution in [0, 0.1) is 0 Å². The van der Waals surface area contributed by atoms with Crippen LogP contribution < -0.4 is 14.2 Å². The molecule has 11 nitrogen and oxygen atoms in total. The summed E-state index contributed by atoms with van der Waals surface area (Å²) in [4.78, 5) is 0. The van der Waals surface area contributed by atoms with Gasteiger partial charge in [-0.2, -0.15) is 0 Å². The van der Waals surface area contributed by atoms with Crippen LogP contribution in [0.4, 0.5) is 0 Å². The lowest BCUT2D eigenvalue weighted by atomic mass is 9.90. The number of methoxy groups -OCH3 is 3. The summed E-state index contributed by atoms with van der Waals surface area (Å²) in [5.74, 6) is 0.772. The SMILES string of the molecule is COc1cc([C@@H]2Oc3c(OC)cc(C=CCO)cc3[C@H]2CO[C@@H]2O[C@H](CO)[C@@H](OC)[C@H](O)[C@H]2O)ccc1O. The number of hydrogen-bond acceptors (Lipinski definition) is 11. The molecule has 38 heavy (non-hydrogen) atoms. The molecule has 2 aromatic carbocycles. The molecule has 2 aliphatic heterocycles. The zero-order chi connectivity index (χ0) is 27.4. The first kappa shape index (κ1) is 28.1. The lowest BCUT2D eigenvalue weighted by molar-refractivity contribution is -0.305. The molecule has 2 aromatic rings. The normalized spacial score (nSPS) is 28.8. The zero-order valence-electron chi connectivity index (χ0n) is 21.4. The summed E-state index contributed by atoms with van der Waals surface area (Å²) in [7, 11) is 4.33. The summed E-state index contributed by atoms with van der Waals surface area (Å²) in [6.07, 6.45) is -3.09. The summed E-state index contributed by atoms with van der Waals surface area (Å²) in [5.41, 5.74) is 2.20. The van der Waals surface area contributed by atoms with Crippen molar-refractivity contribution in [2.45, 2.75) is 42.7 Å². The van der Waals surface area contributed by atoms with Crippen LogP contribution in [0.5, 0.6) is 23.0 Å². The number of ether oxygens (including phenoxy) is 6. The minimum absolute atomic E-state index is 0.0125. The van der Waals surface area contributed by atoms with Gasteiger partial charge in [-0.05, 0) is 35.4 Å². The molecule has 0 aliphatic carbocycles. The second kappa shape index (κ2) is 12.3. The molecule has 1 fully saturated rings. The van der Waals surface area contributed by atoms with Gasteiger partial charge in [-0.3, -0.25) is 0 Å². The molecule has 0 spiro atoms. The van der Waals surface area contributed by atoms with Crippen LogP contribution in [-0.4, -0.2) is 97.4 Å². The van der Waals surface area contributed by atoms with Crippen LogP contribution >= 0.6 is 0 Å². The van der Waals surface area contributed by atoms with E-state index in [1.165, 1.54) is 27.4 Å². The van der Waals surface area contributed by atoms with Crippen molar-refractivity contribution >= 4 is 6.08 Å². The van der Waals surface area contributed by atoms with Crippen LogP contribution in [0.25, 0.3) is 6.08 Å². The maximum Gasteiger partial charge on any atom is 0.186 e. The van der Waals surface area contributed by atoms with Gasteiger partial charge in [0.05, 0.1) is 40.0 Å². The molecule has 7 atom stereocenters. The Bertz CT molecular complexity index is 1120. The Morgan fingerprint density at radius 3 is 2.39 bits per heavy atom. The van der Waals surface area contributed by atoms with Gasteiger partial charge in [0.2, 0.25) is 0 Å². The number of phenolic OH excluding ortho intramolecular Hbond substituents is 1. The Morgan fingerprint density at radius 1 is 0.974 bits per heavy atom. The molecular formula is C27H34O11. The highest BCUT2D eigenvalue weighted by Crippen LogP contribution is 2.52. The van der Waals surface area contributed by atoms with E-state index in [-0.39, 0.29) is 24.7 Å². The molecule has 0 unspecified atom stereocenters. The predicted octanol–water partition coefficient (Wildman–Crippen LogP) is 1.10. The lowest BCUT2D eigenvalue weighted by Gasteiger charge is -2.41. The largest absolute Gasteiger partial charge is 0.504 e. The van der Waals surface area contributed by atoms with Crippen molar-refractivity contribution in [2.24, 2.45) is 0 Å². The average molecular weight is 535 g/mol. The average Bonchev–Trinajstić information content (AvgIpc) is 3.30. The van der Waals surface area contributed by atoms with Gasteiger partial charge in [0.25, 0.3) is 0 Å². The zero-order valence-corrected chi connectivity index (χ0v) is 21.4. The standard InChI is InChI=1S/C27H34O11/c1-33-19-11-15(6-7-18(19)30)24-17(13-36-27-23(32)22(31)26(35-3)21(12-29)37-27)16-9-14(5-4-8-28)10-20(34-2)25(16)38-24/h4-7,9-11,17,21-24,26-32H,8,12-13H2,1-3H3/t17-,21-,22-,23-,24+,26-,27-/m1/s1. The quantitative estimate of drug-likeness (QED) is 0.297. The predicted molar refractivity (Wildman–Crippen MR) is 134 cm³/mol. The third kappa shape index (κ3) is 5.45. The highest BCUT2D eigenvalue weighted by Gasteiger charge is 2.46. The van der Waals surface area contributed by atoms with E-state index in [1.807, 2.05) is 6.07 Å². The van der Waals surface area contributed by atoms with E-state index in [0.717, 1.165) is 11.1 Å². The number of aliphatic hydroxyl groups is 4. The highest BCUT2D eigenvalue weighted by molar-refractivity contribution is 5.62. The third-order valence-corrected chi connectivity index (χ3v) is 6.82. The summed E-state index contributed by atoms with van der Waals surface area (Å²) >= 11 is 0. The van der Waals surface area contributed by atoms with Gasteiger partial charge in [-0.15, -0.1) is 0 Å². The first-order chi connectivity index (χ1) is 18.4. The fourth-order valence-electron chi connectivity index (χ4n) is 4.89. The Kier molecular flexibility index (Phi) is 9.11. The summed E-state index contributed by atoms with van der Waals surface area (Å²) in [6.45, 7) is -0.585. The van der Waals surface area contributed by atoms with Crippen LogP contribution in [-0.2, 0) is 14.2 Å². The van der Waals surface area contributed by atoms with Gasteiger partial charge in [0, 0.05) is 12.7 Å². The molecule has 2 aliphatic rings. The second-order valence-corrected chi connectivity index (χ2v) is 9.04. The topological polar surface area (TPSA) is 157 Å². The molecule has 0 radical (unpaired) electrons. The summed E-state index contributed by atoms with van der Waals surface area (Å²) in [5, 5.41) is 50.2. The molecule has 5 N–H and O–H groups in total. The maximum absolute atomic E-state index is 10.6. The number of aliphatic hydroxyl groups excluding tert-OH is 4. The van der Waals surface area contributed by atoms with Crippen molar-refractivity contribution in [1.29, 1.82) is 0 Å². The third-order valence-electron chi connectivity index (χ3n) is 6.82. The number of rotatable bonds is 10. The van der Waals surface area contributed by atoms with E-state index in [0.29, 0.717) is 17.1 Å². The van der Waals surface area contributed by atoms with Crippen LogP contribution in [0.2, 0.25) is 0 Å². The molecule has 1 saturated heterocycles. The van der Waals surface area contributed by atoms with Gasteiger partial charge in [0.15, 0.2) is 29.3 Å². The molecule has 2 heterocycles. The van der Waals surface area contributed by atoms with Crippen molar-refractivity contribution in [1.82, 2.24) is 0 Å². The van der Waals surface area contributed by atoms with Crippen molar-refractivity contribution in [2.75, 3.05) is 41.2 Å². The highest BCUT2D eigenvalue weighted by atomic mass is 16.7. The van der Waals surface area contributed by atoms with Crippen LogP contribution in [0.3, 0.4) is 0 Å². The Labute approximate surface area is 220 Å². The molecule has 208 valence electrons. The van der Waals surface area contributed by atoms with Gasteiger partial charge in [-0.25, -0.2) is 0 Å². The number of phenols is 1. The van der Waals surface area contributed by atoms with Crippen molar-refractivity contribution in [3.05, 3.63) is 53.1 Å². The number of hydrogen-bond donors (Lipinski definition) is 5. The number of benzene rings is 2. The van der Waals surface area contributed by atoms with Gasteiger partial charge in [0.1, 0.15) is 30.5 Å². The van der Waals surface area contributed by atoms with Gasteiger partial charge >= 0.3 is 0 Å². The fourth-order valence-corrected chi connectivity index (χ4v) is 4.89. The van der Waals surface area contributed by atoms with E-state index in [1.54, 1.807) is 30.4 Å². The minimum atomic E-state index is -1.43. The van der Waals surface area contributed by atoms with E-state index < -0.39 is 49.3 Å². The van der Waals surface area contributed by atoms with E-state index in [4.69, 9.17) is 28.4 Å². The monoisotopic (exact) mass is 534 g/mol. The lowest BCUT2D eigenvalue weighted by Crippen LogP contribution is -2.59. The van der Waals surface area contributed by atoms with Crippen molar-refractivity contribution < 1.29 is 54.0 Å². The fraction of sp³-hybridized carbons (Fsp3) is 0.481. The molecule has 11 heteroatoms. The first-order valence-corrected chi connectivity index (χ1v) is 12.2. The van der Waals surface area contributed by atoms with Crippen molar-refractivity contribution in [3.63, 3.8) is 0 Å². The minimum Gasteiger partial charge on any atom is -0.504 e. The Morgan fingerprint density at radius 2 is 1.74 bits per heavy atom. The smallest absolute Gasteiger partial charge is 0.186 e. The first-order valence-electron chi connectivity index (χ1n) is 12.2. The maximum atomic E-state index is 10.6. The molecule has 0 amide bonds. The summed E-state index contributed by atoms with van der Waals surface area (Å²) < 4.78 is 34.1. The van der Waals surface area contributed by atoms with E-state index in [2.05, 4.69) is 0 Å². The summed E-state index contributed by atoms with van der Waals surface area (Å²) in [6, 6.07) is 8.55. The van der Waals surface area contributed by atoms with Gasteiger partial charge < -0.3 is 54.0 Å². The Balaban J connectivity index is 1.69. The number of aromatic hydroxyl groups is 1. The molecule has 0 bridgehead atoms. The molecule has 0 aromatic heterocycles. The second-order valence-electron chi connectivity index (χ2n) is 9.04. The Hall–Kier alpha value is -2.90. The number of fused-ring (bicyclic) bond motifs is 1. The van der Waals surface area contributed by atoms with E-state index >= 15 is 0 Å². The van der Waals surface area contributed by atoms with Crippen LogP contribution in [0.1, 0.15) is 28.7 Å². The van der Waals surface area contributed by atoms with Crippen LogP contribution in [0.15, 0.2) is 36.4 Å². The van der Waals surface area contributed by atoms with E-state index in [9.17, 15) is 25.5 Å².